The minimum atomic E-state index is -0.0360. The van der Waals surface area contributed by atoms with Crippen molar-refractivity contribution in [2.24, 2.45) is 0 Å². The van der Waals surface area contributed by atoms with Gasteiger partial charge in [-0.15, -0.1) is 0 Å². The lowest BCUT2D eigenvalue weighted by molar-refractivity contribution is 0.472. The molecule has 0 aliphatic heterocycles. The maximum atomic E-state index is 10.2. The first-order chi connectivity index (χ1) is 9.40. The highest BCUT2D eigenvalue weighted by Crippen LogP contribution is 2.35. The highest BCUT2D eigenvalue weighted by Gasteiger charge is 2.14. The molecule has 2 nitrogen and oxygen atoms in total. The molecule has 0 aliphatic carbocycles. The van der Waals surface area contributed by atoms with Crippen molar-refractivity contribution in [2.75, 3.05) is 5.32 Å². The van der Waals surface area contributed by atoms with Gasteiger partial charge in [-0.3, -0.25) is 0 Å². The molecule has 0 aromatic heterocycles. The molecule has 0 saturated heterocycles. The molecule has 0 saturated carbocycles. The number of hydrogen-bond acceptors (Lipinski definition) is 2. The van der Waals surface area contributed by atoms with Crippen molar-refractivity contribution in [1.29, 1.82) is 0 Å². The number of halogens is 2. The maximum absolute atomic E-state index is 10.2. The van der Waals surface area contributed by atoms with Gasteiger partial charge < -0.3 is 10.4 Å². The summed E-state index contributed by atoms with van der Waals surface area (Å²) in [4.78, 5) is 0. The Morgan fingerprint density at radius 3 is 2.35 bits per heavy atom. The SMILES string of the molecule is Cc1ccc(C)c(N[C@H](C)c2ccc(Cl)cc2Cl)c1O. The van der Waals surface area contributed by atoms with Crippen LogP contribution in [0.25, 0.3) is 0 Å². The van der Waals surface area contributed by atoms with Gasteiger partial charge in [-0.05, 0) is 49.6 Å². The molecule has 0 radical (unpaired) electrons. The van der Waals surface area contributed by atoms with E-state index in [4.69, 9.17) is 23.2 Å². The Morgan fingerprint density at radius 2 is 1.70 bits per heavy atom. The van der Waals surface area contributed by atoms with E-state index in [-0.39, 0.29) is 11.8 Å². The lowest BCUT2D eigenvalue weighted by atomic mass is 10.1. The van der Waals surface area contributed by atoms with E-state index in [1.54, 1.807) is 6.07 Å². The fraction of sp³-hybridized carbons (Fsp3) is 0.250. The van der Waals surface area contributed by atoms with Crippen molar-refractivity contribution in [3.05, 3.63) is 57.1 Å². The number of aromatic hydroxyl groups is 1. The smallest absolute Gasteiger partial charge is 0.141 e. The second-order valence-corrected chi connectivity index (χ2v) is 5.80. The van der Waals surface area contributed by atoms with Crippen LogP contribution in [0, 0.1) is 13.8 Å². The van der Waals surface area contributed by atoms with Crippen LogP contribution in [0.15, 0.2) is 30.3 Å². The van der Waals surface area contributed by atoms with Crippen LogP contribution in [0.4, 0.5) is 5.69 Å². The Labute approximate surface area is 129 Å². The number of phenolic OH excluding ortho intramolecular Hbond substituents is 1. The molecule has 2 rings (SSSR count). The van der Waals surface area contributed by atoms with Gasteiger partial charge in [0.1, 0.15) is 5.75 Å². The molecular weight excluding hydrogens is 293 g/mol. The number of aryl methyl sites for hydroxylation is 2. The number of phenols is 1. The third-order valence-corrected chi connectivity index (χ3v) is 3.94. The zero-order valence-corrected chi connectivity index (χ0v) is 13.2. The molecule has 1 atom stereocenters. The Balaban J connectivity index is 2.32. The van der Waals surface area contributed by atoms with Crippen molar-refractivity contribution in [3.63, 3.8) is 0 Å². The Morgan fingerprint density at radius 1 is 1.05 bits per heavy atom. The van der Waals surface area contributed by atoms with Crippen LogP contribution in [-0.4, -0.2) is 5.11 Å². The summed E-state index contributed by atoms with van der Waals surface area (Å²) in [5, 5.41) is 14.7. The van der Waals surface area contributed by atoms with Crippen LogP contribution in [0.2, 0.25) is 10.0 Å². The van der Waals surface area contributed by atoms with Gasteiger partial charge in [0.2, 0.25) is 0 Å². The summed E-state index contributed by atoms with van der Waals surface area (Å²) in [5.41, 5.74) is 3.51. The van der Waals surface area contributed by atoms with Gasteiger partial charge in [-0.2, -0.15) is 0 Å². The molecule has 0 bridgehead atoms. The van der Waals surface area contributed by atoms with E-state index < -0.39 is 0 Å². The summed E-state index contributed by atoms with van der Waals surface area (Å²) in [6.45, 7) is 5.83. The number of anilines is 1. The monoisotopic (exact) mass is 309 g/mol. The second kappa shape index (κ2) is 5.94. The minimum Gasteiger partial charge on any atom is -0.505 e. The zero-order chi connectivity index (χ0) is 14.9. The van der Waals surface area contributed by atoms with Crippen molar-refractivity contribution >= 4 is 28.9 Å². The first-order valence-electron chi connectivity index (χ1n) is 6.40. The van der Waals surface area contributed by atoms with Crippen molar-refractivity contribution in [1.82, 2.24) is 0 Å². The lowest BCUT2D eigenvalue weighted by Crippen LogP contribution is -2.08. The average molecular weight is 310 g/mol. The summed E-state index contributed by atoms with van der Waals surface area (Å²) < 4.78 is 0. The first-order valence-corrected chi connectivity index (χ1v) is 7.16. The quantitative estimate of drug-likeness (QED) is 0.735. The fourth-order valence-electron chi connectivity index (χ4n) is 2.13. The summed E-state index contributed by atoms with van der Waals surface area (Å²) in [6, 6.07) is 9.27. The van der Waals surface area contributed by atoms with E-state index in [0.29, 0.717) is 10.0 Å². The van der Waals surface area contributed by atoms with Crippen LogP contribution in [0.5, 0.6) is 5.75 Å². The predicted molar refractivity (Wildman–Crippen MR) is 86.1 cm³/mol. The van der Waals surface area contributed by atoms with Gasteiger partial charge in [0, 0.05) is 10.0 Å². The lowest BCUT2D eigenvalue weighted by Gasteiger charge is -2.20. The Hall–Kier alpha value is -1.38. The van der Waals surface area contributed by atoms with Gasteiger partial charge in [0.05, 0.1) is 11.7 Å². The van der Waals surface area contributed by atoms with Gasteiger partial charge in [-0.25, -0.2) is 0 Å². The van der Waals surface area contributed by atoms with E-state index in [1.165, 1.54) is 0 Å². The van der Waals surface area contributed by atoms with E-state index >= 15 is 0 Å². The summed E-state index contributed by atoms with van der Waals surface area (Å²) in [7, 11) is 0. The zero-order valence-electron chi connectivity index (χ0n) is 11.7. The minimum absolute atomic E-state index is 0.0360. The summed E-state index contributed by atoms with van der Waals surface area (Å²) >= 11 is 12.1. The highest BCUT2D eigenvalue weighted by atomic mass is 35.5. The Kier molecular flexibility index (Phi) is 4.46. The van der Waals surface area contributed by atoms with E-state index in [0.717, 1.165) is 22.4 Å². The van der Waals surface area contributed by atoms with Crippen LogP contribution < -0.4 is 5.32 Å². The van der Waals surface area contributed by atoms with Crippen molar-refractivity contribution in [3.8, 4) is 5.75 Å². The Bertz CT molecular complexity index is 641. The molecule has 106 valence electrons. The molecule has 0 heterocycles. The van der Waals surface area contributed by atoms with Crippen molar-refractivity contribution < 1.29 is 5.11 Å². The normalized spacial score (nSPS) is 12.2. The average Bonchev–Trinajstić information content (AvgIpc) is 2.39. The maximum Gasteiger partial charge on any atom is 0.141 e. The molecule has 4 heteroatoms. The molecule has 2 aromatic rings. The van der Waals surface area contributed by atoms with Crippen LogP contribution in [0.3, 0.4) is 0 Å². The highest BCUT2D eigenvalue weighted by molar-refractivity contribution is 6.35. The topological polar surface area (TPSA) is 32.3 Å². The fourth-order valence-corrected chi connectivity index (χ4v) is 2.70. The van der Waals surface area contributed by atoms with E-state index in [2.05, 4.69) is 5.32 Å². The van der Waals surface area contributed by atoms with Crippen LogP contribution >= 0.6 is 23.2 Å². The largest absolute Gasteiger partial charge is 0.505 e. The molecule has 2 N–H and O–H groups in total. The standard InChI is InChI=1S/C16H17Cl2NO/c1-9-4-5-10(2)16(20)15(9)19-11(3)13-7-6-12(17)8-14(13)18/h4-8,11,19-20H,1-3H3/t11-/m1/s1. The third-order valence-electron chi connectivity index (χ3n) is 3.38. The molecule has 2 aromatic carbocycles. The van der Waals surface area contributed by atoms with Gasteiger partial charge in [0.15, 0.2) is 0 Å². The molecule has 0 amide bonds. The van der Waals surface area contributed by atoms with Gasteiger partial charge >= 0.3 is 0 Å². The third kappa shape index (κ3) is 3.02. The van der Waals surface area contributed by atoms with Gasteiger partial charge in [0.25, 0.3) is 0 Å². The molecule has 0 fully saturated rings. The summed E-state index contributed by atoms with van der Waals surface area (Å²) in [6.07, 6.45) is 0. The number of benzene rings is 2. The van der Waals surface area contributed by atoms with E-state index in [1.807, 2.05) is 45.0 Å². The number of hydrogen-bond donors (Lipinski definition) is 2. The predicted octanol–water partition coefficient (Wildman–Crippen LogP) is 5.49. The molecule has 0 spiro atoms. The van der Waals surface area contributed by atoms with Crippen molar-refractivity contribution in [2.45, 2.75) is 26.8 Å². The van der Waals surface area contributed by atoms with Crippen LogP contribution in [0.1, 0.15) is 29.7 Å². The summed E-state index contributed by atoms with van der Waals surface area (Å²) in [5.74, 6) is 0.280. The molecular formula is C16H17Cl2NO. The molecule has 0 unspecified atom stereocenters. The first kappa shape index (κ1) is 15.0. The molecule has 20 heavy (non-hydrogen) atoms. The van der Waals surface area contributed by atoms with Crippen LogP contribution in [-0.2, 0) is 0 Å². The second-order valence-electron chi connectivity index (χ2n) is 4.95. The number of nitrogens with one attached hydrogen (secondary N) is 1. The number of rotatable bonds is 3. The van der Waals surface area contributed by atoms with E-state index in [9.17, 15) is 5.11 Å². The molecule has 0 aliphatic rings. The van der Waals surface area contributed by atoms with Gasteiger partial charge in [-0.1, -0.05) is 41.4 Å².